The molecule has 2 atom stereocenters. The number of carbonyl (C=O) groups excluding carboxylic acids is 2. The highest BCUT2D eigenvalue weighted by atomic mass is 35.5. The van der Waals surface area contributed by atoms with Crippen LogP contribution in [0.1, 0.15) is 26.2 Å². The van der Waals surface area contributed by atoms with Crippen molar-refractivity contribution in [1.82, 2.24) is 10.2 Å². The van der Waals surface area contributed by atoms with E-state index in [4.69, 9.17) is 23.2 Å². The van der Waals surface area contributed by atoms with Gasteiger partial charge in [0.15, 0.2) is 0 Å². The molecule has 0 aliphatic carbocycles. The van der Waals surface area contributed by atoms with Gasteiger partial charge < -0.3 is 15.5 Å². The summed E-state index contributed by atoms with van der Waals surface area (Å²) in [5, 5.41) is 6.96. The summed E-state index contributed by atoms with van der Waals surface area (Å²) in [4.78, 5) is 27.4. The van der Waals surface area contributed by atoms with Crippen molar-refractivity contribution in [3.63, 3.8) is 0 Å². The van der Waals surface area contributed by atoms with E-state index in [0.29, 0.717) is 34.6 Å². The normalized spacial score (nSPS) is 21.3. The third-order valence-corrected chi connectivity index (χ3v) is 5.74. The molecule has 2 heterocycles. The van der Waals surface area contributed by atoms with Crippen molar-refractivity contribution in [3.05, 3.63) is 28.2 Å². The molecule has 2 N–H and O–H groups in total. The molecule has 2 unspecified atom stereocenters. The number of hydrogen-bond donors (Lipinski definition) is 2. The SMILES string of the molecule is CC(C(=O)N1CCCCC1C(=O)Nc1ccc(Cl)cc1Cl)C1CNC1.Cl. The Hall–Kier alpha value is -1.01. The number of piperidine rings is 1. The number of amides is 2. The Kier molecular flexibility index (Phi) is 7.59. The van der Waals surface area contributed by atoms with E-state index in [9.17, 15) is 9.59 Å². The Labute approximate surface area is 170 Å². The lowest BCUT2D eigenvalue weighted by atomic mass is 9.86. The fourth-order valence-corrected chi connectivity index (χ4v) is 3.86. The number of carbonyl (C=O) groups is 2. The van der Waals surface area contributed by atoms with Gasteiger partial charge >= 0.3 is 0 Å². The van der Waals surface area contributed by atoms with E-state index in [1.165, 1.54) is 0 Å². The highest BCUT2D eigenvalue weighted by Gasteiger charge is 2.38. The number of anilines is 1. The lowest BCUT2D eigenvalue weighted by molar-refractivity contribution is -0.145. The van der Waals surface area contributed by atoms with Gasteiger partial charge in [0.2, 0.25) is 11.8 Å². The van der Waals surface area contributed by atoms with Crippen molar-refractivity contribution in [3.8, 4) is 0 Å². The molecule has 1 aromatic carbocycles. The van der Waals surface area contributed by atoms with Crippen LogP contribution in [-0.2, 0) is 9.59 Å². The van der Waals surface area contributed by atoms with Crippen LogP contribution in [0, 0.1) is 11.8 Å². The highest BCUT2D eigenvalue weighted by Crippen LogP contribution is 2.28. The van der Waals surface area contributed by atoms with Gasteiger partial charge in [0.1, 0.15) is 6.04 Å². The van der Waals surface area contributed by atoms with Crippen LogP contribution >= 0.6 is 35.6 Å². The van der Waals surface area contributed by atoms with Crippen LogP contribution in [0.5, 0.6) is 0 Å². The van der Waals surface area contributed by atoms with Crippen LogP contribution in [0.15, 0.2) is 18.2 Å². The first kappa shape index (κ1) is 21.3. The van der Waals surface area contributed by atoms with Crippen LogP contribution < -0.4 is 10.6 Å². The molecule has 8 heteroatoms. The molecule has 2 saturated heterocycles. The molecule has 144 valence electrons. The number of hydrogen-bond acceptors (Lipinski definition) is 3. The molecule has 3 rings (SSSR count). The summed E-state index contributed by atoms with van der Waals surface area (Å²) in [5.41, 5.74) is 0.519. The van der Waals surface area contributed by atoms with Crippen LogP contribution in [0.25, 0.3) is 0 Å². The van der Waals surface area contributed by atoms with Crippen molar-refractivity contribution in [2.24, 2.45) is 11.8 Å². The molecule has 2 aliphatic rings. The van der Waals surface area contributed by atoms with Gasteiger partial charge in [0.25, 0.3) is 0 Å². The van der Waals surface area contributed by atoms with Crippen molar-refractivity contribution in [2.45, 2.75) is 32.2 Å². The van der Waals surface area contributed by atoms with E-state index in [1.807, 2.05) is 6.92 Å². The predicted molar refractivity (Wildman–Crippen MR) is 107 cm³/mol. The lowest BCUT2D eigenvalue weighted by Crippen LogP contribution is -2.55. The topological polar surface area (TPSA) is 61.4 Å². The molecule has 2 amide bonds. The molecule has 2 aliphatic heterocycles. The number of nitrogens with zero attached hydrogens (tertiary/aromatic N) is 1. The number of rotatable bonds is 4. The van der Waals surface area contributed by atoms with E-state index < -0.39 is 6.04 Å². The maximum atomic E-state index is 12.9. The van der Waals surface area contributed by atoms with E-state index in [0.717, 1.165) is 25.9 Å². The van der Waals surface area contributed by atoms with Gasteiger partial charge in [0, 0.05) is 17.5 Å². The smallest absolute Gasteiger partial charge is 0.247 e. The maximum Gasteiger partial charge on any atom is 0.247 e. The van der Waals surface area contributed by atoms with Crippen LogP contribution in [-0.4, -0.2) is 42.4 Å². The first-order valence-corrected chi connectivity index (χ1v) is 9.50. The molecule has 0 saturated carbocycles. The van der Waals surface area contributed by atoms with E-state index in [2.05, 4.69) is 10.6 Å². The fraction of sp³-hybridized carbons (Fsp3) is 0.556. The summed E-state index contributed by atoms with van der Waals surface area (Å²) >= 11 is 12.0. The molecule has 5 nitrogen and oxygen atoms in total. The van der Waals surface area contributed by atoms with Gasteiger partial charge in [-0.1, -0.05) is 30.1 Å². The molecule has 2 fully saturated rings. The van der Waals surface area contributed by atoms with Gasteiger partial charge in [-0.15, -0.1) is 12.4 Å². The summed E-state index contributed by atoms with van der Waals surface area (Å²) in [6.07, 6.45) is 2.56. The lowest BCUT2D eigenvalue weighted by Gasteiger charge is -2.40. The minimum absolute atomic E-state index is 0. The van der Waals surface area contributed by atoms with E-state index >= 15 is 0 Å². The van der Waals surface area contributed by atoms with E-state index in [-0.39, 0.29) is 30.1 Å². The number of halogens is 3. The molecular formula is C18H24Cl3N3O2. The molecular weight excluding hydrogens is 397 g/mol. The summed E-state index contributed by atoms with van der Waals surface area (Å²) in [5.74, 6) is 0.197. The first-order chi connectivity index (χ1) is 12.0. The van der Waals surface area contributed by atoms with Crippen molar-refractivity contribution in [1.29, 1.82) is 0 Å². The van der Waals surface area contributed by atoms with Crippen LogP contribution in [0.3, 0.4) is 0 Å². The average Bonchev–Trinajstić information content (AvgIpc) is 2.55. The van der Waals surface area contributed by atoms with Gasteiger partial charge in [-0.25, -0.2) is 0 Å². The standard InChI is InChI=1S/C18H23Cl2N3O2.ClH/c1-11(12-9-21-10-12)18(25)23-7-3-2-4-16(23)17(24)22-15-6-5-13(19)8-14(15)20;/h5-6,8,11-12,16,21H,2-4,7,9-10H2,1H3,(H,22,24);1H. The molecule has 0 radical (unpaired) electrons. The van der Waals surface area contributed by atoms with Crippen LogP contribution in [0.4, 0.5) is 5.69 Å². The second-order valence-corrected chi connectivity index (χ2v) is 7.71. The third kappa shape index (κ3) is 4.63. The zero-order valence-corrected chi connectivity index (χ0v) is 17.0. The molecule has 0 spiro atoms. The Morgan fingerprint density at radius 1 is 1.27 bits per heavy atom. The number of benzene rings is 1. The van der Waals surface area contributed by atoms with Crippen molar-refractivity contribution >= 4 is 53.1 Å². The predicted octanol–water partition coefficient (Wildman–Crippen LogP) is 3.59. The van der Waals surface area contributed by atoms with Gasteiger partial charge in [0.05, 0.1) is 10.7 Å². The second kappa shape index (κ2) is 9.27. The van der Waals surface area contributed by atoms with Crippen molar-refractivity contribution in [2.75, 3.05) is 25.0 Å². The number of nitrogens with one attached hydrogen (secondary N) is 2. The quantitative estimate of drug-likeness (QED) is 0.782. The Morgan fingerprint density at radius 3 is 2.62 bits per heavy atom. The zero-order chi connectivity index (χ0) is 18.0. The second-order valence-electron chi connectivity index (χ2n) is 6.86. The minimum Gasteiger partial charge on any atom is -0.330 e. The van der Waals surface area contributed by atoms with Gasteiger partial charge in [-0.2, -0.15) is 0 Å². The van der Waals surface area contributed by atoms with E-state index in [1.54, 1.807) is 23.1 Å². The maximum absolute atomic E-state index is 12.9. The summed E-state index contributed by atoms with van der Waals surface area (Å²) in [7, 11) is 0. The zero-order valence-electron chi connectivity index (χ0n) is 14.6. The third-order valence-electron chi connectivity index (χ3n) is 5.19. The highest BCUT2D eigenvalue weighted by molar-refractivity contribution is 6.36. The number of likely N-dealkylation sites (tertiary alicyclic amines) is 1. The van der Waals surface area contributed by atoms with Crippen LogP contribution in [0.2, 0.25) is 10.0 Å². The Balaban J connectivity index is 0.00000243. The Morgan fingerprint density at radius 2 is 2.00 bits per heavy atom. The summed E-state index contributed by atoms with van der Waals surface area (Å²) in [6.45, 7) is 4.35. The summed E-state index contributed by atoms with van der Waals surface area (Å²) < 4.78 is 0. The molecule has 0 bridgehead atoms. The average molecular weight is 421 g/mol. The monoisotopic (exact) mass is 419 g/mol. The fourth-order valence-electron chi connectivity index (χ4n) is 3.40. The molecule has 1 aromatic rings. The molecule has 0 aromatic heterocycles. The minimum atomic E-state index is -0.441. The van der Waals surface area contributed by atoms with Gasteiger partial charge in [-0.3, -0.25) is 9.59 Å². The molecule has 26 heavy (non-hydrogen) atoms. The first-order valence-electron chi connectivity index (χ1n) is 8.74. The Bertz CT molecular complexity index is 667. The summed E-state index contributed by atoms with van der Waals surface area (Å²) in [6, 6.07) is 4.51. The largest absolute Gasteiger partial charge is 0.330 e. The van der Waals surface area contributed by atoms with Crippen molar-refractivity contribution < 1.29 is 9.59 Å². The van der Waals surface area contributed by atoms with Gasteiger partial charge in [-0.05, 0) is 56.5 Å².